The Morgan fingerprint density at radius 1 is 1.04 bits per heavy atom. The smallest absolute Gasteiger partial charge is 0.267 e. The van der Waals surface area contributed by atoms with E-state index in [-0.39, 0.29) is 4.90 Å². The minimum absolute atomic E-state index is 0.115. The normalized spacial score (nSPS) is 11.5. The van der Waals surface area contributed by atoms with Crippen molar-refractivity contribution in [3.05, 3.63) is 65.2 Å². The monoisotopic (exact) mass is 346 g/mol. The number of amides is 1. The Morgan fingerprint density at radius 3 is 2.29 bits per heavy atom. The number of hydrogen-bond acceptors (Lipinski definition) is 4. The van der Waals surface area contributed by atoms with E-state index in [0.717, 1.165) is 17.2 Å². The molecule has 1 amide bonds. The highest BCUT2D eigenvalue weighted by molar-refractivity contribution is 7.92. The Bertz CT molecular complexity index is 872. The van der Waals surface area contributed by atoms with Crippen LogP contribution in [0.3, 0.4) is 0 Å². The molecular formula is C17H18N2O4S. The molecule has 0 aromatic heterocycles. The van der Waals surface area contributed by atoms with Crippen LogP contribution in [0.25, 0.3) is 6.08 Å². The molecular weight excluding hydrogens is 328 g/mol. The summed E-state index contributed by atoms with van der Waals surface area (Å²) in [5.74, 6) is -0.664. The van der Waals surface area contributed by atoms with Crippen LogP contribution < -0.4 is 10.2 Å². The summed E-state index contributed by atoms with van der Waals surface area (Å²) in [5, 5.41) is 8.40. The van der Waals surface area contributed by atoms with Crippen LogP contribution in [0.1, 0.15) is 16.7 Å². The van der Waals surface area contributed by atoms with Gasteiger partial charge in [-0.05, 0) is 60.9 Å². The fourth-order valence-electron chi connectivity index (χ4n) is 1.99. The van der Waals surface area contributed by atoms with Crippen LogP contribution in [0.15, 0.2) is 53.4 Å². The third-order valence-electron chi connectivity index (χ3n) is 3.49. The minimum atomic E-state index is -3.69. The maximum absolute atomic E-state index is 12.4. The van der Waals surface area contributed by atoms with E-state index in [0.29, 0.717) is 11.3 Å². The molecule has 0 saturated heterocycles. The van der Waals surface area contributed by atoms with Gasteiger partial charge in [-0.3, -0.25) is 14.7 Å². The number of rotatable bonds is 5. The van der Waals surface area contributed by atoms with Gasteiger partial charge in [0, 0.05) is 11.8 Å². The van der Waals surface area contributed by atoms with Crippen molar-refractivity contribution in [2.75, 3.05) is 4.72 Å². The largest absolute Gasteiger partial charge is 0.288 e. The van der Waals surface area contributed by atoms with Gasteiger partial charge in [0.05, 0.1) is 4.90 Å². The van der Waals surface area contributed by atoms with Crippen molar-refractivity contribution in [1.29, 1.82) is 0 Å². The number of nitrogens with one attached hydrogen (secondary N) is 2. The van der Waals surface area contributed by atoms with Gasteiger partial charge in [0.2, 0.25) is 0 Å². The van der Waals surface area contributed by atoms with Crippen LogP contribution >= 0.6 is 0 Å². The fourth-order valence-corrected chi connectivity index (χ4v) is 3.04. The second kappa shape index (κ2) is 7.29. The van der Waals surface area contributed by atoms with Crippen LogP contribution in [0.4, 0.5) is 5.69 Å². The van der Waals surface area contributed by atoms with Crippen molar-refractivity contribution in [3.63, 3.8) is 0 Å². The predicted molar refractivity (Wildman–Crippen MR) is 92.1 cm³/mol. The molecule has 0 aliphatic carbocycles. The number of benzene rings is 2. The number of hydrogen-bond donors (Lipinski definition) is 3. The maximum Gasteiger partial charge on any atom is 0.267 e. The molecule has 2 rings (SSSR count). The zero-order chi connectivity index (χ0) is 17.7. The summed E-state index contributed by atoms with van der Waals surface area (Å²) in [4.78, 5) is 11.0. The van der Waals surface area contributed by atoms with E-state index in [1.807, 2.05) is 19.9 Å². The van der Waals surface area contributed by atoms with Gasteiger partial charge in [-0.1, -0.05) is 18.2 Å². The first-order chi connectivity index (χ1) is 11.3. The summed E-state index contributed by atoms with van der Waals surface area (Å²) in [6.07, 6.45) is 2.59. The zero-order valence-corrected chi connectivity index (χ0v) is 14.1. The summed E-state index contributed by atoms with van der Waals surface area (Å²) in [5.41, 5.74) is 4.69. The maximum atomic E-state index is 12.4. The summed E-state index contributed by atoms with van der Waals surface area (Å²) < 4.78 is 27.3. The van der Waals surface area contributed by atoms with Gasteiger partial charge in [0.25, 0.3) is 15.9 Å². The summed E-state index contributed by atoms with van der Waals surface area (Å²) in [6.45, 7) is 3.87. The molecule has 0 bridgehead atoms. The standard InChI is InChI=1S/C17H18N2O4S/c1-12-3-7-15(11-13(12)2)19-24(22,23)16-8-4-14(5-9-16)6-10-17(20)18-21/h3-11,19,21H,1-2H3,(H,18,20)/b10-6+. The molecule has 0 atom stereocenters. The predicted octanol–water partition coefficient (Wildman–Crippen LogP) is 2.62. The van der Waals surface area contributed by atoms with Gasteiger partial charge < -0.3 is 0 Å². The topological polar surface area (TPSA) is 95.5 Å². The summed E-state index contributed by atoms with van der Waals surface area (Å²) >= 11 is 0. The highest BCUT2D eigenvalue weighted by atomic mass is 32.2. The molecule has 0 heterocycles. The number of carbonyl (C=O) groups excluding carboxylic acids is 1. The average molecular weight is 346 g/mol. The first kappa shape index (κ1) is 17.7. The average Bonchev–Trinajstić information content (AvgIpc) is 2.56. The molecule has 2 aromatic rings. The molecule has 2 aromatic carbocycles. The molecule has 0 aliphatic rings. The lowest BCUT2D eigenvalue weighted by molar-refractivity contribution is -0.124. The molecule has 0 aliphatic heterocycles. The molecule has 7 heteroatoms. The van der Waals surface area contributed by atoms with Crippen LogP contribution in [0.5, 0.6) is 0 Å². The molecule has 126 valence electrons. The van der Waals surface area contributed by atoms with E-state index in [1.165, 1.54) is 23.7 Å². The Labute approximate surface area is 140 Å². The molecule has 0 unspecified atom stereocenters. The molecule has 0 spiro atoms. The van der Waals surface area contributed by atoms with E-state index < -0.39 is 15.9 Å². The number of carbonyl (C=O) groups is 1. The fraction of sp³-hybridized carbons (Fsp3) is 0.118. The summed E-state index contributed by atoms with van der Waals surface area (Å²) in [6, 6.07) is 11.4. The van der Waals surface area contributed by atoms with Crippen molar-refractivity contribution in [2.24, 2.45) is 0 Å². The zero-order valence-electron chi connectivity index (χ0n) is 13.3. The number of hydroxylamine groups is 1. The van der Waals surface area contributed by atoms with E-state index >= 15 is 0 Å². The van der Waals surface area contributed by atoms with Gasteiger partial charge in [0.15, 0.2) is 0 Å². The van der Waals surface area contributed by atoms with Crippen molar-refractivity contribution < 1.29 is 18.4 Å². The molecule has 3 N–H and O–H groups in total. The van der Waals surface area contributed by atoms with Crippen LogP contribution in [0, 0.1) is 13.8 Å². The quantitative estimate of drug-likeness (QED) is 0.440. The van der Waals surface area contributed by atoms with Crippen molar-refractivity contribution in [1.82, 2.24) is 5.48 Å². The molecule has 24 heavy (non-hydrogen) atoms. The van der Waals surface area contributed by atoms with E-state index in [9.17, 15) is 13.2 Å². The Balaban J connectivity index is 2.18. The third kappa shape index (κ3) is 4.43. The highest BCUT2D eigenvalue weighted by Crippen LogP contribution is 2.19. The van der Waals surface area contributed by atoms with Crippen LogP contribution in [-0.2, 0) is 14.8 Å². The van der Waals surface area contributed by atoms with Gasteiger partial charge in [-0.15, -0.1) is 0 Å². The SMILES string of the molecule is Cc1ccc(NS(=O)(=O)c2ccc(/C=C/C(=O)NO)cc2)cc1C. The Kier molecular flexibility index (Phi) is 5.38. The number of anilines is 1. The Morgan fingerprint density at radius 2 is 1.71 bits per heavy atom. The van der Waals surface area contributed by atoms with Crippen LogP contribution in [0.2, 0.25) is 0 Å². The van der Waals surface area contributed by atoms with Gasteiger partial charge in [-0.2, -0.15) is 0 Å². The van der Waals surface area contributed by atoms with Gasteiger partial charge in [-0.25, -0.2) is 13.9 Å². The number of sulfonamides is 1. The van der Waals surface area contributed by atoms with Crippen molar-refractivity contribution in [2.45, 2.75) is 18.7 Å². The van der Waals surface area contributed by atoms with E-state index in [4.69, 9.17) is 5.21 Å². The summed E-state index contributed by atoms with van der Waals surface area (Å²) in [7, 11) is -3.69. The second-order valence-corrected chi connectivity index (χ2v) is 6.97. The second-order valence-electron chi connectivity index (χ2n) is 5.28. The van der Waals surface area contributed by atoms with Gasteiger partial charge in [0.1, 0.15) is 0 Å². The van der Waals surface area contributed by atoms with Crippen LogP contribution in [-0.4, -0.2) is 19.5 Å². The van der Waals surface area contributed by atoms with E-state index in [1.54, 1.807) is 24.3 Å². The molecule has 0 fully saturated rings. The first-order valence-corrected chi connectivity index (χ1v) is 8.62. The lowest BCUT2D eigenvalue weighted by atomic mass is 10.1. The molecule has 6 nitrogen and oxygen atoms in total. The Hall–Kier alpha value is -2.64. The first-order valence-electron chi connectivity index (χ1n) is 7.14. The molecule has 0 saturated carbocycles. The van der Waals surface area contributed by atoms with E-state index in [2.05, 4.69) is 4.72 Å². The molecule has 0 radical (unpaired) electrons. The van der Waals surface area contributed by atoms with Gasteiger partial charge >= 0.3 is 0 Å². The number of aryl methyl sites for hydroxylation is 2. The van der Waals surface area contributed by atoms with Crippen molar-refractivity contribution >= 4 is 27.7 Å². The lowest BCUT2D eigenvalue weighted by Gasteiger charge is -2.10. The van der Waals surface area contributed by atoms with Crippen molar-refractivity contribution in [3.8, 4) is 0 Å². The minimum Gasteiger partial charge on any atom is -0.288 e. The highest BCUT2D eigenvalue weighted by Gasteiger charge is 2.14. The lowest BCUT2D eigenvalue weighted by Crippen LogP contribution is -2.14. The third-order valence-corrected chi connectivity index (χ3v) is 4.88.